The molecule has 0 saturated heterocycles. The molecule has 0 aliphatic carbocycles. The molecule has 0 unspecified atom stereocenters. The van der Waals surface area contributed by atoms with Crippen molar-refractivity contribution in [2.45, 2.75) is 20.3 Å². The molecule has 156 valence electrons. The first-order chi connectivity index (χ1) is 14.6. The Morgan fingerprint density at radius 1 is 1.17 bits per heavy atom. The van der Waals surface area contributed by atoms with Gasteiger partial charge in [-0.3, -0.25) is 4.79 Å². The van der Waals surface area contributed by atoms with E-state index in [1.807, 2.05) is 26.0 Å². The van der Waals surface area contributed by atoms with Crippen molar-refractivity contribution in [3.05, 3.63) is 65.8 Å². The van der Waals surface area contributed by atoms with Gasteiger partial charge in [-0.2, -0.15) is 5.26 Å². The molecule has 0 heterocycles. The Hall–Kier alpha value is -3.72. The molecule has 2 aromatic rings. The second kappa shape index (κ2) is 11.3. The Morgan fingerprint density at radius 3 is 2.43 bits per heavy atom. The molecule has 0 fully saturated rings. The van der Waals surface area contributed by atoms with Crippen LogP contribution in [-0.4, -0.2) is 26.2 Å². The number of nitrogens with zero attached hydrogens (tertiary/aromatic N) is 1. The van der Waals surface area contributed by atoms with Crippen LogP contribution < -0.4 is 19.5 Å². The first-order valence-electron chi connectivity index (χ1n) is 9.66. The summed E-state index contributed by atoms with van der Waals surface area (Å²) in [6.07, 6.45) is 3.84. The van der Waals surface area contributed by atoms with Gasteiger partial charge in [0.15, 0.2) is 11.5 Å². The Bertz CT molecular complexity index is 956. The smallest absolute Gasteiger partial charge is 0.266 e. The normalized spacial score (nSPS) is 10.7. The van der Waals surface area contributed by atoms with Crippen LogP contribution in [0.5, 0.6) is 17.2 Å². The third-order valence-corrected chi connectivity index (χ3v) is 4.12. The minimum Gasteiger partial charge on any atom is -0.494 e. The molecule has 1 amide bonds. The lowest BCUT2D eigenvalue weighted by atomic mass is 10.0. The van der Waals surface area contributed by atoms with Crippen LogP contribution in [0, 0.1) is 11.3 Å². The topological polar surface area (TPSA) is 80.6 Å². The van der Waals surface area contributed by atoms with Crippen LogP contribution in [-0.2, 0) is 11.2 Å². The van der Waals surface area contributed by atoms with Gasteiger partial charge in [0.05, 0.1) is 20.3 Å². The second-order valence-corrected chi connectivity index (χ2v) is 6.22. The largest absolute Gasteiger partial charge is 0.494 e. The fourth-order valence-corrected chi connectivity index (χ4v) is 2.88. The van der Waals surface area contributed by atoms with Gasteiger partial charge in [0.25, 0.3) is 5.91 Å². The number of amides is 1. The molecule has 0 aliphatic rings. The maximum absolute atomic E-state index is 12.6. The van der Waals surface area contributed by atoms with Crippen LogP contribution in [0.2, 0.25) is 0 Å². The molecule has 0 bridgehead atoms. The molecule has 0 aromatic heterocycles. The van der Waals surface area contributed by atoms with Crippen molar-refractivity contribution in [3.8, 4) is 23.3 Å². The number of carbonyl (C=O) groups is 1. The first-order valence-corrected chi connectivity index (χ1v) is 9.66. The number of rotatable bonds is 10. The Kier molecular flexibility index (Phi) is 8.52. The fourth-order valence-electron chi connectivity index (χ4n) is 2.88. The van der Waals surface area contributed by atoms with E-state index in [2.05, 4.69) is 11.9 Å². The highest BCUT2D eigenvalue weighted by Crippen LogP contribution is 2.34. The number of allylic oxidation sites excluding steroid dienone is 1. The number of anilines is 1. The van der Waals surface area contributed by atoms with E-state index in [4.69, 9.17) is 14.2 Å². The molecule has 0 spiro atoms. The van der Waals surface area contributed by atoms with Crippen molar-refractivity contribution in [1.82, 2.24) is 0 Å². The summed E-state index contributed by atoms with van der Waals surface area (Å²) in [7, 11) is 1.57. The molecule has 6 heteroatoms. The van der Waals surface area contributed by atoms with E-state index < -0.39 is 5.91 Å². The van der Waals surface area contributed by atoms with Crippen molar-refractivity contribution in [3.63, 3.8) is 0 Å². The molecule has 30 heavy (non-hydrogen) atoms. The summed E-state index contributed by atoms with van der Waals surface area (Å²) < 4.78 is 16.5. The van der Waals surface area contributed by atoms with Gasteiger partial charge in [0, 0.05) is 11.3 Å². The molecular weight excluding hydrogens is 380 g/mol. The van der Waals surface area contributed by atoms with Gasteiger partial charge in [-0.25, -0.2) is 0 Å². The lowest BCUT2D eigenvalue weighted by Crippen LogP contribution is -2.13. The van der Waals surface area contributed by atoms with Gasteiger partial charge < -0.3 is 19.5 Å². The van der Waals surface area contributed by atoms with Crippen LogP contribution in [0.3, 0.4) is 0 Å². The highest BCUT2D eigenvalue weighted by atomic mass is 16.5. The van der Waals surface area contributed by atoms with Gasteiger partial charge in [0.1, 0.15) is 17.4 Å². The van der Waals surface area contributed by atoms with E-state index in [1.165, 1.54) is 6.08 Å². The molecule has 2 aromatic carbocycles. The minimum absolute atomic E-state index is 0.0268. The summed E-state index contributed by atoms with van der Waals surface area (Å²) in [5.74, 6) is 1.38. The number of ether oxygens (including phenoxy) is 3. The zero-order valence-corrected chi connectivity index (χ0v) is 17.5. The van der Waals surface area contributed by atoms with E-state index in [0.29, 0.717) is 48.1 Å². The number of methoxy groups -OCH3 is 1. The molecule has 0 saturated carbocycles. The summed E-state index contributed by atoms with van der Waals surface area (Å²) in [6, 6.07) is 12.5. The van der Waals surface area contributed by atoms with Gasteiger partial charge >= 0.3 is 0 Å². The van der Waals surface area contributed by atoms with Crippen LogP contribution in [0.4, 0.5) is 5.69 Å². The summed E-state index contributed by atoms with van der Waals surface area (Å²) in [6.45, 7) is 8.56. The van der Waals surface area contributed by atoms with Crippen molar-refractivity contribution in [2.75, 3.05) is 25.6 Å². The number of hydrogen-bond donors (Lipinski definition) is 1. The molecule has 2 rings (SSSR count). The van der Waals surface area contributed by atoms with Crippen molar-refractivity contribution in [1.29, 1.82) is 5.26 Å². The number of hydrogen-bond acceptors (Lipinski definition) is 5. The number of carbonyl (C=O) groups excluding carboxylic acids is 1. The highest BCUT2D eigenvalue weighted by molar-refractivity contribution is 6.09. The fraction of sp³-hybridized carbons (Fsp3) is 0.250. The second-order valence-electron chi connectivity index (χ2n) is 6.22. The lowest BCUT2D eigenvalue weighted by Gasteiger charge is -2.14. The predicted octanol–water partition coefficient (Wildman–Crippen LogP) is 4.77. The van der Waals surface area contributed by atoms with Gasteiger partial charge in [-0.05, 0) is 68.3 Å². The van der Waals surface area contributed by atoms with Crippen molar-refractivity contribution < 1.29 is 19.0 Å². The summed E-state index contributed by atoms with van der Waals surface area (Å²) in [4.78, 5) is 12.6. The van der Waals surface area contributed by atoms with Crippen molar-refractivity contribution in [2.24, 2.45) is 0 Å². The molecule has 6 nitrogen and oxygen atoms in total. The van der Waals surface area contributed by atoms with E-state index in [0.717, 1.165) is 5.56 Å². The third kappa shape index (κ3) is 5.89. The van der Waals surface area contributed by atoms with E-state index in [1.54, 1.807) is 43.5 Å². The van der Waals surface area contributed by atoms with E-state index in [-0.39, 0.29) is 5.57 Å². The lowest BCUT2D eigenvalue weighted by molar-refractivity contribution is -0.112. The van der Waals surface area contributed by atoms with Crippen LogP contribution in [0.15, 0.2) is 54.6 Å². The molecule has 1 N–H and O–H groups in total. The quantitative estimate of drug-likeness (QED) is 0.349. The minimum atomic E-state index is -0.499. The van der Waals surface area contributed by atoms with Crippen LogP contribution in [0.25, 0.3) is 6.08 Å². The maximum atomic E-state index is 12.6. The summed E-state index contributed by atoms with van der Waals surface area (Å²) >= 11 is 0. The Balaban J connectivity index is 2.32. The predicted molar refractivity (Wildman–Crippen MR) is 118 cm³/mol. The standard InChI is InChI=1S/C24H26N2O4/c1-5-8-18-13-17(15-22(30-7-3)23(18)28-4)14-19(16-25)24(27)26-20-9-11-21(12-10-20)29-6-2/h5,9-15H,1,6-8H2,2-4H3,(H,26,27)/b19-14+. The summed E-state index contributed by atoms with van der Waals surface area (Å²) in [5.41, 5.74) is 2.06. The first kappa shape index (κ1) is 22.6. The number of benzene rings is 2. The van der Waals surface area contributed by atoms with E-state index >= 15 is 0 Å². The van der Waals surface area contributed by atoms with Crippen LogP contribution in [0.1, 0.15) is 25.0 Å². The zero-order chi connectivity index (χ0) is 21.9. The van der Waals surface area contributed by atoms with Crippen molar-refractivity contribution >= 4 is 17.7 Å². The van der Waals surface area contributed by atoms with E-state index in [9.17, 15) is 10.1 Å². The molecular formula is C24H26N2O4. The number of nitriles is 1. The Morgan fingerprint density at radius 2 is 1.87 bits per heavy atom. The number of nitrogens with one attached hydrogen (secondary N) is 1. The maximum Gasteiger partial charge on any atom is 0.266 e. The average molecular weight is 406 g/mol. The monoisotopic (exact) mass is 406 g/mol. The Labute approximate surface area is 177 Å². The van der Waals surface area contributed by atoms with Gasteiger partial charge in [0.2, 0.25) is 0 Å². The zero-order valence-electron chi connectivity index (χ0n) is 17.5. The molecule has 0 atom stereocenters. The average Bonchev–Trinajstić information content (AvgIpc) is 2.74. The highest BCUT2D eigenvalue weighted by Gasteiger charge is 2.14. The SMILES string of the molecule is C=CCc1cc(/C=C(\C#N)C(=O)Nc2ccc(OCC)cc2)cc(OCC)c1OC. The van der Waals surface area contributed by atoms with Crippen LogP contribution >= 0.6 is 0 Å². The van der Waals surface area contributed by atoms with Gasteiger partial charge in [-0.1, -0.05) is 6.08 Å². The molecule has 0 aliphatic heterocycles. The molecule has 0 radical (unpaired) electrons. The third-order valence-electron chi connectivity index (χ3n) is 4.12. The van der Waals surface area contributed by atoms with Gasteiger partial charge in [-0.15, -0.1) is 6.58 Å². The summed E-state index contributed by atoms with van der Waals surface area (Å²) in [5, 5.41) is 12.3.